The van der Waals surface area contributed by atoms with E-state index in [0.29, 0.717) is 11.5 Å². The molecule has 1 unspecified atom stereocenters. The van der Waals surface area contributed by atoms with Crippen LogP contribution in [0.15, 0.2) is 59.6 Å². The van der Waals surface area contributed by atoms with Gasteiger partial charge in [0.05, 0.1) is 17.1 Å². The minimum Gasteiger partial charge on any atom is -0.364 e. The third kappa shape index (κ3) is 3.57. The Bertz CT molecular complexity index is 1160. The fourth-order valence-electron chi connectivity index (χ4n) is 4.97. The first-order chi connectivity index (χ1) is 14.9. The number of halogens is 2. The predicted octanol–water partition coefficient (Wildman–Crippen LogP) is 7.03. The van der Waals surface area contributed by atoms with Crippen LogP contribution in [0.2, 0.25) is 5.02 Å². The molecule has 0 bridgehead atoms. The zero-order valence-corrected chi connectivity index (χ0v) is 18.8. The van der Waals surface area contributed by atoms with Gasteiger partial charge < -0.3 is 9.88 Å². The van der Waals surface area contributed by atoms with Gasteiger partial charge in [0, 0.05) is 34.8 Å². The van der Waals surface area contributed by atoms with E-state index in [2.05, 4.69) is 35.0 Å². The number of hydrogen-bond donors (Lipinski definition) is 1. The third-order valence-corrected chi connectivity index (χ3v) is 7.18. The van der Waals surface area contributed by atoms with Crippen molar-refractivity contribution < 1.29 is 4.39 Å². The Morgan fingerprint density at radius 1 is 1.19 bits per heavy atom. The number of aromatic nitrogens is 2. The molecule has 2 aromatic carbocycles. The lowest BCUT2D eigenvalue weighted by molar-refractivity contribution is 0.267. The highest BCUT2D eigenvalue weighted by Crippen LogP contribution is 2.45. The summed E-state index contributed by atoms with van der Waals surface area (Å²) in [6.45, 7) is 7.02. The minimum atomic E-state index is -0.236. The highest BCUT2D eigenvalue weighted by molar-refractivity contribution is 6.32. The van der Waals surface area contributed by atoms with E-state index in [1.807, 2.05) is 44.2 Å². The summed E-state index contributed by atoms with van der Waals surface area (Å²) < 4.78 is 15.0. The maximum Gasteiger partial charge on any atom is 0.132 e. The van der Waals surface area contributed by atoms with Crippen molar-refractivity contribution in [3.8, 4) is 0 Å². The molecule has 1 radical (unpaired) electrons. The van der Waals surface area contributed by atoms with Crippen molar-refractivity contribution in [1.29, 1.82) is 0 Å². The van der Waals surface area contributed by atoms with Crippen molar-refractivity contribution in [2.75, 3.05) is 6.54 Å². The van der Waals surface area contributed by atoms with E-state index in [1.165, 1.54) is 0 Å². The highest BCUT2D eigenvalue weighted by atomic mass is 35.5. The second-order valence-electron chi connectivity index (χ2n) is 8.84. The van der Waals surface area contributed by atoms with E-state index in [0.717, 1.165) is 58.1 Å². The van der Waals surface area contributed by atoms with Gasteiger partial charge in [-0.1, -0.05) is 48.9 Å². The summed E-state index contributed by atoms with van der Waals surface area (Å²) >= 11 is 6.32. The summed E-state index contributed by atoms with van der Waals surface area (Å²) in [5.41, 5.74) is 5.75. The molecule has 2 aliphatic rings. The minimum absolute atomic E-state index is 0.0754. The van der Waals surface area contributed by atoms with Crippen molar-refractivity contribution in [3.63, 3.8) is 0 Å². The van der Waals surface area contributed by atoms with Gasteiger partial charge in [-0.05, 0) is 55.9 Å². The van der Waals surface area contributed by atoms with Gasteiger partial charge in [0.1, 0.15) is 11.7 Å². The molecule has 5 rings (SSSR count). The molecule has 3 nitrogen and oxygen atoms in total. The average molecular weight is 435 g/mol. The van der Waals surface area contributed by atoms with Gasteiger partial charge in [-0.15, -0.1) is 0 Å². The van der Waals surface area contributed by atoms with E-state index in [9.17, 15) is 4.39 Å². The SMILES string of the molecule is CC1=C(N2CC[C@H](C)[C@H]2c2nc3cc(Cl)c(C)cc3[nH]2)CC(c2ccccc2)[C]=C1F. The van der Waals surface area contributed by atoms with Gasteiger partial charge in [-0.3, -0.25) is 0 Å². The number of fused-ring (bicyclic) bond motifs is 1. The maximum atomic E-state index is 15.0. The number of nitrogens with one attached hydrogen (secondary N) is 1. The molecule has 2 heterocycles. The Morgan fingerprint density at radius 3 is 2.74 bits per heavy atom. The molecule has 0 spiro atoms. The van der Waals surface area contributed by atoms with E-state index < -0.39 is 0 Å². The number of imidazole rings is 1. The number of aryl methyl sites for hydroxylation is 1. The van der Waals surface area contributed by atoms with Crippen molar-refractivity contribution in [2.45, 2.75) is 45.6 Å². The van der Waals surface area contributed by atoms with Crippen molar-refractivity contribution in [3.05, 3.63) is 87.6 Å². The van der Waals surface area contributed by atoms with E-state index in [-0.39, 0.29) is 17.8 Å². The second-order valence-corrected chi connectivity index (χ2v) is 9.25. The molecule has 5 heteroatoms. The number of aromatic amines is 1. The number of allylic oxidation sites excluding steroid dienone is 4. The zero-order chi connectivity index (χ0) is 21.7. The molecule has 0 amide bonds. The second kappa shape index (κ2) is 7.83. The van der Waals surface area contributed by atoms with Gasteiger partial charge in [0.2, 0.25) is 0 Å². The molecule has 1 aliphatic heterocycles. The predicted molar refractivity (Wildman–Crippen MR) is 123 cm³/mol. The maximum absolute atomic E-state index is 15.0. The molecule has 3 atom stereocenters. The third-order valence-electron chi connectivity index (χ3n) is 6.77. The molecule has 31 heavy (non-hydrogen) atoms. The van der Waals surface area contributed by atoms with Crippen LogP contribution in [-0.4, -0.2) is 21.4 Å². The number of rotatable bonds is 3. The topological polar surface area (TPSA) is 31.9 Å². The van der Waals surface area contributed by atoms with Crippen molar-refractivity contribution in [2.24, 2.45) is 5.92 Å². The fourth-order valence-corrected chi connectivity index (χ4v) is 5.13. The molecule has 3 aromatic rings. The lowest BCUT2D eigenvalue weighted by Crippen LogP contribution is -2.28. The van der Waals surface area contributed by atoms with Crippen LogP contribution in [0.25, 0.3) is 11.0 Å². The molecule has 1 fully saturated rings. The molecule has 1 aromatic heterocycles. The monoisotopic (exact) mass is 434 g/mol. The summed E-state index contributed by atoms with van der Waals surface area (Å²) in [7, 11) is 0. The van der Waals surface area contributed by atoms with Gasteiger partial charge >= 0.3 is 0 Å². The summed E-state index contributed by atoms with van der Waals surface area (Å²) in [5.74, 6) is 1.02. The molecule has 1 saturated heterocycles. The lowest BCUT2D eigenvalue weighted by Gasteiger charge is -2.34. The van der Waals surface area contributed by atoms with E-state index >= 15 is 0 Å². The Kier molecular flexibility index (Phi) is 5.13. The number of likely N-dealkylation sites (tertiary alicyclic amines) is 1. The fraction of sp³-hybridized carbons (Fsp3) is 0.346. The highest BCUT2D eigenvalue weighted by Gasteiger charge is 2.38. The molecule has 1 aliphatic carbocycles. The van der Waals surface area contributed by atoms with Crippen LogP contribution in [-0.2, 0) is 0 Å². The first-order valence-corrected chi connectivity index (χ1v) is 11.3. The average Bonchev–Trinajstić information content (AvgIpc) is 3.33. The Morgan fingerprint density at radius 2 is 1.97 bits per heavy atom. The largest absolute Gasteiger partial charge is 0.364 e. The van der Waals surface area contributed by atoms with Gasteiger partial charge in [0.25, 0.3) is 0 Å². The van der Waals surface area contributed by atoms with Gasteiger partial charge in [-0.25, -0.2) is 9.37 Å². The number of H-pyrrole nitrogens is 1. The van der Waals surface area contributed by atoms with Crippen molar-refractivity contribution >= 4 is 22.6 Å². The molecule has 1 N–H and O–H groups in total. The Labute approximate surface area is 187 Å². The Hall–Kier alpha value is -2.59. The summed E-state index contributed by atoms with van der Waals surface area (Å²) in [5, 5.41) is 0.723. The first kappa shape index (κ1) is 20.3. The van der Waals surface area contributed by atoms with Crippen LogP contribution >= 0.6 is 11.6 Å². The van der Waals surface area contributed by atoms with Crippen LogP contribution < -0.4 is 0 Å². The Balaban J connectivity index is 1.53. The molecule has 0 saturated carbocycles. The molecule has 159 valence electrons. The van der Waals surface area contributed by atoms with Crippen LogP contribution in [0.3, 0.4) is 0 Å². The summed E-state index contributed by atoms with van der Waals surface area (Å²) in [6.07, 6.45) is 4.86. The zero-order valence-electron chi connectivity index (χ0n) is 18.0. The van der Waals surface area contributed by atoms with Crippen molar-refractivity contribution in [1.82, 2.24) is 14.9 Å². The smallest absolute Gasteiger partial charge is 0.132 e. The van der Waals surface area contributed by atoms with Crippen LogP contribution in [0.1, 0.15) is 55.6 Å². The summed E-state index contributed by atoms with van der Waals surface area (Å²) in [4.78, 5) is 10.8. The van der Waals surface area contributed by atoms with Crippen LogP contribution in [0.5, 0.6) is 0 Å². The van der Waals surface area contributed by atoms with Gasteiger partial charge in [0.15, 0.2) is 0 Å². The molecular weight excluding hydrogens is 409 g/mol. The first-order valence-electron chi connectivity index (χ1n) is 10.9. The lowest BCUT2D eigenvalue weighted by atomic mass is 9.87. The number of nitrogens with zero attached hydrogens (tertiary/aromatic N) is 2. The van der Waals surface area contributed by atoms with Crippen LogP contribution in [0.4, 0.5) is 4.39 Å². The number of benzene rings is 2. The van der Waals surface area contributed by atoms with Gasteiger partial charge in [-0.2, -0.15) is 0 Å². The van der Waals surface area contributed by atoms with E-state index in [4.69, 9.17) is 16.6 Å². The van der Waals surface area contributed by atoms with Crippen LogP contribution in [0, 0.1) is 18.9 Å². The molecular formula is C26H26ClFN3. The number of hydrogen-bond acceptors (Lipinski definition) is 2. The summed E-state index contributed by atoms with van der Waals surface area (Å²) in [6, 6.07) is 14.2. The quantitative estimate of drug-likeness (QED) is 0.480. The normalized spacial score (nSPS) is 24.2. The standard InChI is InChI=1S/C26H26ClFN3/c1-15-9-10-31(25(15)26-29-22-11-16(2)20(27)14-23(22)30-26)24-13-19(12-21(28)17(24)3)18-7-5-4-6-8-18/h4-8,11,14-15,19,25H,9-10,13H2,1-3H3,(H,29,30)/t15-,19?,25-/m0/s1. The van der Waals surface area contributed by atoms with E-state index in [1.54, 1.807) is 0 Å².